The predicted molar refractivity (Wildman–Crippen MR) is 36.8 cm³/mol. The van der Waals surface area contributed by atoms with E-state index in [1.54, 1.807) is 7.11 Å². The van der Waals surface area contributed by atoms with E-state index in [2.05, 4.69) is 0 Å². The molecule has 0 aliphatic rings. The molecule has 0 saturated heterocycles. The van der Waals surface area contributed by atoms with Gasteiger partial charge in [0.2, 0.25) is 0 Å². The SMILES string of the molecule is COCCSCC(=O)O. The number of ether oxygens (including phenoxy) is 1. The van der Waals surface area contributed by atoms with E-state index in [1.807, 2.05) is 0 Å². The van der Waals surface area contributed by atoms with Gasteiger partial charge in [0.05, 0.1) is 12.4 Å². The molecule has 0 atom stereocenters. The molecular weight excluding hydrogens is 140 g/mol. The Hall–Kier alpha value is -0.220. The fraction of sp³-hybridized carbons (Fsp3) is 0.800. The van der Waals surface area contributed by atoms with Crippen LogP contribution in [0.15, 0.2) is 0 Å². The molecule has 0 radical (unpaired) electrons. The molecule has 0 amide bonds. The average Bonchev–Trinajstić information content (AvgIpc) is 1.80. The monoisotopic (exact) mass is 150 g/mol. The van der Waals surface area contributed by atoms with Gasteiger partial charge in [0.25, 0.3) is 0 Å². The smallest absolute Gasteiger partial charge is 0.313 e. The Morgan fingerprint density at radius 2 is 2.44 bits per heavy atom. The molecule has 0 aromatic heterocycles. The first-order valence-electron chi connectivity index (χ1n) is 2.56. The first-order valence-corrected chi connectivity index (χ1v) is 3.71. The van der Waals surface area contributed by atoms with Gasteiger partial charge in [0.15, 0.2) is 0 Å². The molecule has 0 bridgehead atoms. The molecule has 0 saturated carbocycles. The van der Waals surface area contributed by atoms with Crippen LogP contribution in [0.5, 0.6) is 0 Å². The standard InChI is InChI=1S/C5H10O3S/c1-8-2-3-9-4-5(6)7/h2-4H2,1H3,(H,6,7). The van der Waals surface area contributed by atoms with Crippen molar-refractivity contribution >= 4 is 17.7 Å². The van der Waals surface area contributed by atoms with Gasteiger partial charge in [-0.15, -0.1) is 11.8 Å². The molecule has 1 N–H and O–H groups in total. The summed E-state index contributed by atoms with van der Waals surface area (Å²) in [6, 6.07) is 0. The molecule has 4 heteroatoms. The number of methoxy groups -OCH3 is 1. The predicted octanol–water partition coefficient (Wildman–Crippen LogP) is 0.451. The van der Waals surface area contributed by atoms with Crippen molar-refractivity contribution in [1.82, 2.24) is 0 Å². The van der Waals surface area contributed by atoms with Crippen molar-refractivity contribution in [2.45, 2.75) is 0 Å². The number of hydrogen-bond acceptors (Lipinski definition) is 3. The van der Waals surface area contributed by atoms with Crippen molar-refractivity contribution < 1.29 is 14.6 Å². The lowest BCUT2D eigenvalue weighted by Gasteiger charge is -1.94. The number of carboxylic acids is 1. The lowest BCUT2D eigenvalue weighted by molar-refractivity contribution is -0.133. The molecule has 9 heavy (non-hydrogen) atoms. The average molecular weight is 150 g/mol. The Balaban J connectivity index is 2.83. The number of carboxylic acid groups (broad SMARTS) is 1. The summed E-state index contributed by atoms with van der Waals surface area (Å²) in [4.78, 5) is 9.90. The molecule has 0 fully saturated rings. The fourth-order valence-corrected chi connectivity index (χ4v) is 0.905. The first-order chi connectivity index (χ1) is 4.27. The van der Waals surface area contributed by atoms with E-state index >= 15 is 0 Å². The minimum absolute atomic E-state index is 0.170. The third kappa shape index (κ3) is 7.78. The Kier molecular flexibility index (Phi) is 5.76. The quantitative estimate of drug-likeness (QED) is 0.578. The molecule has 0 aromatic rings. The lowest BCUT2D eigenvalue weighted by atomic mass is 10.8. The molecule has 54 valence electrons. The third-order valence-electron chi connectivity index (χ3n) is 0.657. The summed E-state index contributed by atoms with van der Waals surface area (Å²) in [5.74, 6) is 0.155. The number of aliphatic carboxylic acids is 1. The second-order valence-electron chi connectivity index (χ2n) is 1.44. The van der Waals surface area contributed by atoms with Gasteiger partial charge in [-0.05, 0) is 0 Å². The van der Waals surface area contributed by atoms with Crippen LogP contribution in [0.1, 0.15) is 0 Å². The number of rotatable bonds is 5. The van der Waals surface area contributed by atoms with Gasteiger partial charge < -0.3 is 9.84 Å². The van der Waals surface area contributed by atoms with Gasteiger partial charge in [0, 0.05) is 12.9 Å². The highest BCUT2D eigenvalue weighted by molar-refractivity contribution is 7.99. The minimum atomic E-state index is -0.767. The summed E-state index contributed by atoms with van der Waals surface area (Å²) in [5, 5.41) is 8.15. The van der Waals surface area contributed by atoms with Crippen LogP contribution in [0, 0.1) is 0 Å². The summed E-state index contributed by atoms with van der Waals surface area (Å²) in [6.07, 6.45) is 0. The highest BCUT2D eigenvalue weighted by Crippen LogP contribution is 1.97. The summed E-state index contributed by atoms with van der Waals surface area (Å²) in [6.45, 7) is 0.623. The van der Waals surface area contributed by atoms with Crippen LogP contribution >= 0.6 is 11.8 Å². The molecule has 0 aliphatic carbocycles. The van der Waals surface area contributed by atoms with Crippen molar-refractivity contribution in [2.75, 3.05) is 25.2 Å². The topological polar surface area (TPSA) is 46.5 Å². The maximum Gasteiger partial charge on any atom is 0.313 e. The molecule has 0 heterocycles. The maximum absolute atomic E-state index is 9.90. The maximum atomic E-state index is 9.90. The third-order valence-corrected chi connectivity index (χ3v) is 1.56. The Morgan fingerprint density at radius 3 is 2.89 bits per heavy atom. The molecule has 0 unspecified atom stereocenters. The zero-order chi connectivity index (χ0) is 7.11. The number of carbonyl (C=O) groups is 1. The van der Waals surface area contributed by atoms with Crippen LogP contribution in [0.2, 0.25) is 0 Å². The highest BCUT2D eigenvalue weighted by Gasteiger charge is 1.94. The van der Waals surface area contributed by atoms with Crippen molar-refractivity contribution in [1.29, 1.82) is 0 Å². The molecule has 0 aliphatic heterocycles. The van der Waals surface area contributed by atoms with Crippen molar-refractivity contribution in [3.63, 3.8) is 0 Å². The molecular formula is C5H10O3S. The van der Waals surface area contributed by atoms with Gasteiger partial charge in [-0.1, -0.05) is 0 Å². The van der Waals surface area contributed by atoms with Gasteiger partial charge in [-0.2, -0.15) is 0 Å². The summed E-state index contributed by atoms with van der Waals surface area (Å²) >= 11 is 1.36. The minimum Gasteiger partial charge on any atom is -0.481 e. The van der Waals surface area contributed by atoms with E-state index in [9.17, 15) is 4.79 Å². The Labute approximate surface area is 58.4 Å². The van der Waals surface area contributed by atoms with E-state index < -0.39 is 5.97 Å². The zero-order valence-electron chi connectivity index (χ0n) is 5.29. The number of hydrogen-bond donors (Lipinski definition) is 1. The van der Waals surface area contributed by atoms with E-state index in [0.717, 1.165) is 5.75 Å². The van der Waals surface area contributed by atoms with E-state index in [1.165, 1.54) is 11.8 Å². The molecule has 0 spiro atoms. The van der Waals surface area contributed by atoms with Crippen LogP contribution < -0.4 is 0 Å². The zero-order valence-corrected chi connectivity index (χ0v) is 6.11. The fourth-order valence-electron chi connectivity index (χ4n) is 0.302. The van der Waals surface area contributed by atoms with Crippen LogP contribution in [-0.4, -0.2) is 36.3 Å². The van der Waals surface area contributed by atoms with E-state index in [4.69, 9.17) is 9.84 Å². The summed E-state index contributed by atoms with van der Waals surface area (Å²) < 4.78 is 4.71. The second-order valence-corrected chi connectivity index (χ2v) is 2.54. The summed E-state index contributed by atoms with van der Waals surface area (Å²) in [7, 11) is 1.60. The first kappa shape index (κ1) is 8.78. The van der Waals surface area contributed by atoms with Crippen molar-refractivity contribution in [2.24, 2.45) is 0 Å². The van der Waals surface area contributed by atoms with Crippen LogP contribution in [0.3, 0.4) is 0 Å². The largest absolute Gasteiger partial charge is 0.481 e. The molecule has 0 aromatic carbocycles. The lowest BCUT2D eigenvalue weighted by Crippen LogP contribution is -2.01. The van der Waals surface area contributed by atoms with Crippen molar-refractivity contribution in [3.05, 3.63) is 0 Å². The summed E-state index contributed by atoms with van der Waals surface area (Å²) in [5.41, 5.74) is 0. The van der Waals surface area contributed by atoms with E-state index in [0.29, 0.717) is 6.61 Å². The van der Waals surface area contributed by atoms with Gasteiger partial charge in [-0.25, -0.2) is 0 Å². The normalized spacial score (nSPS) is 9.44. The van der Waals surface area contributed by atoms with Crippen LogP contribution in [-0.2, 0) is 9.53 Å². The van der Waals surface area contributed by atoms with Crippen LogP contribution in [0.4, 0.5) is 0 Å². The Bertz CT molecular complexity index is 84.3. The number of thioether (sulfide) groups is 1. The van der Waals surface area contributed by atoms with Crippen LogP contribution in [0.25, 0.3) is 0 Å². The second kappa shape index (κ2) is 5.91. The van der Waals surface area contributed by atoms with E-state index in [-0.39, 0.29) is 5.75 Å². The van der Waals surface area contributed by atoms with Crippen molar-refractivity contribution in [3.8, 4) is 0 Å². The Morgan fingerprint density at radius 1 is 1.78 bits per heavy atom. The van der Waals surface area contributed by atoms with Gasteiger partial charge >= 0.3 is 5.97 Å². The molecule has 0 rings (SSSR count). The van der Waals surface area contributed by atoms with Gasteiger partial charge in [-0.3, -0.25) is 4.79 Å². The highest BCUT2D eigenvalue weighted by atomic mass is 32.2. The van der Waals surface area contributed by atoms with Gasteiger partial charge in [0.1, 0.15) is 0 Å². The molecule has 3 nitrogen and oxygen atoms in total.